The van der Waals surface area contributed by atoms with Crippen LogP contribution in [0.3, 0.4) is 0 Å². The first-order valence-electron chi connectivity index (χ1n) is 6.05. The van der Waals surface area contributed by atoms with Crippen LogP contribution in [0.4, 0.5) is 5.69 Å². The lowest BCUT2D eigenvalue weighted by molar-refractivity contribution is -0.384. The minimum absolute atomic E-state index is 0.153. The lowest BCUT2D eigenvalue weighted by Crippen LogP contribution is -1.91. The van der Waals surface area contributed by atoms with Gasteiger partial charge < -0.3 is 0 Å². The second kappa shape index (κ2) is 5.45. The number of hydrogen-bond donors (Lipinski definition) is 0. The second-order valence-electron chi connectivity index (χ2n) is 4.22. The molecular weight excluding hydrogens is 226 g/mol. The number of rotatable bonds is 4. The number of nitro benzene ring substituents is 1. The van der Waals surface area contributed by atoms with Gasteiger partial charge in [0.25, 0.3) is 5.69 Å². The van der Waals surface area contributed by atoms with Crippen molar-refractivity contribution in [2.24, 2.45) is 0 Å². The van der Waals surface area contributed by atoms with E-state index in [0.29, 0.717) is 5.56 Å². The van der Waals surface area contributed by atoms with Crippen LogP contribution in [0.5, 0.6) is 0 Å². The molecule has 0 aliphatic heterocycles. The van der Waals surface area contributed by atoms with Crippen LogP contribution >= 0.6 is 0 Å². The zero-order valence-electron chi connectivity index (χ0n) is 10.3. The molecule has 92 valence electrons. The van der Waals surface area contributed by atoms with Gasteiger partial charge in [0.1, 0.15) is 0 Å². The Bertz CT molecular complexity index is 547. The summed E-state index contributed by atoms with van der Waals surface area (Å²) in [5.74, 6) is 0. The highest BCUT2D eigenvalue weighted by Gasteiger charge is 2.13. The Hall–Kier alpha value is -2.16. The molecular formula is C15H15NO2. The quantitative estimate of drug-likeness (QED) is 0.594. The largest absolute Gasteiger partial charge is 0.277 e. The molecule has 0 saturated carbocycles. The topological polar surface area (TPSA) is 43.1 Å². The lowest BCUT2D eigenvalue weighted by Gasteiger charge is -2.04. The van der Waals surface area contributed by atoms with Crippen molar-refractivity contribution in [2.45, 2.75) is 19.8 Å². The highest BCUT2D eigenvalue weighted by molar-refractivity contribution is 5.73. The summed E-state index contributed by atoms with van der Waals surface area (Å²) >= 11 is 0. The van der Waals surface area contributed by atoms with Crippen molar-refractivity contribution in [3.8, 4) is 11.1 Å². The molecule has 0 aliphatic carbocycles. The van der Waals surface area contributed by atoms with Gasteiger partial charge in [0.2, 0.25) is 0 Å². The molecule has 0 saturated heterocycles. The van der Waals surface area contributed by atoms with E-state index in [1.165, 1.54) is 11.6 Å². The predicted octanol–water partition coefficient (Wildman–Crippen LogP) is 4.21. The standard InChI is InChI=1S/C15H15NO2/c1-2-5-12-8-10-13(11-9-12)14-6-3-4-7-15(14)16(17)18/h3-4,6-11H,2,5H2,1H3. The SMILES string of the molecule is CCCc1ccc(-c2ccccc2[N+](=O)[O-])cc1. The maximum Gasteiger partial charge on any atom is 0.277 e. The van der Waals surface area contributed by atoms with E-state index in [1.807, 2.05) is 30.3 Å². The Morgan fingerprint density at radius 2 is 1.72 bits per heavy atom. The van der Waals surface area contributed by atoms with Crippen LogP contribution in [0.25, 0.3) is 11.1 Å². The molecule has 18 heavy (non-hydrogen) atoms. The molecule has 0 heterocycles. The molecule has 0 amide bonds. The van der Waals surface area contributed by atoms with Crippen LogP contribution in [0.1, 0.15) is 18.9 Å². The van der Waals surface area contributed by atoms with E-state index >= 15 is 0 Å². The average molecular weight is 241 g/mol. The molecule has 0 N–H and O–H groups in total. The molecule has 0 fully saturated rings. The first-order valence-corrected chi connectivity index (χ1v) is 6.05. The molecule has 0 aliphatic rings. The fourth-order valence-electron chi connectivity index (χ4n) is 2.02. The molecule has 2 rings (SSSR count). The Labute approximate surface area is 106 Å². The zero-order valence-corrected chi connectivity index (χ0v) is 10.3. The molecule has 2 aromatic rings. The van der Waals surface area contributed by atoms with Gasteiger partial charge in [0.05, 0.1) is 10.5 Å². The maximum atomic E-state index is 11.0. The van der Waals surface area contributed by atoms with Gasteiger partial charge >= 0.3 is 0 Å². The Balaban J connectivity index is 2.39. The molecule has 0 atom stereocenters. The summed E-state index contributed by atoms with van der Waals surface area (Å²) in [6, 6.07) is 14.8. The summed E-state index contributed by atoms with van der Waals surface area (Å²) in [6.07, 6.45) is 2.14. The highest BCUT2D eigenvalue weighted by Crippen LogP contribution is 2.29. The maximum absolute atomic E-state index is 11.0. The van der Waals surface area contributed by atoms with Crippen LogP contribution in [-0.2, 0) is 6.42 Å². The van der Waals surface area contributed by atoms with Crippen molar-refractivity contribution >= 4 is 5.69 Å². The van der Waals surface area contributed by atoms with Gasteiger partial charge in [-0.3, -0.25) is 10.1 Å². The molecule has 0 radical (unpaired) electrons. The summed E-state index contributed by atoms with van der Waals surface area (Å²) in [7, 11) is 0. The summed E-state index contributed by atoms with van der Waals surface area (Å²) in [4.78, 5) is 10.6. The molecule has 0 aromatic heterocycles. The van der Waals surface area contributed by atoms with Crippen molar-refractivity contribution in [3.05, 3.63) is 64.2 Å². The normalized spacial score (nSPS) is 10.3. The summed E-state index contributed by atoms with van der Waals surface area (Å²) < 4.78 is 0. The third-order valence-electron chi connectivity index (χ3n) is 2.90. The molecule has 2 aromatic carbocycles. The summed E-state index contributed by atoms with van der Waals surface area (Å²) in [6.45, 7) is 2.13. The third kappa shape index (κ3) is 2.56. The summed E-state index contributed by atoms with van der Waals surface area (Å²) in [5, 5.41) is 11.0. The number of benzene rings is 2. The number of nitro groups is 1. The monoisotopic (exact) mass is 241 g/mol. The Kier molecular flexibility index (Phi) is 3.72. The van der Waals surface area contributed by atoms with E-state index in [2.05, 4.69) is 6.92 Å². The second-order valence-corrected chi connectivity index (χ2v) is 4.22. The van der Waals surface area contributed by atoms with Gasteiger partial charge in [-0.1, -0.05) is 49.7 Å². The van der Waals surface area contributed by atoms with Crippen LogP contribution in [0.15, 0.2) is 48.5 Å². The van der Waals surface area contributed by atoms with E-state index in [-0.39, 0.29) is 10.6 Å². The molecule has 0 unspecified atom stereocenters. The van der Waals surface area contributed by atoms with Gasteiger partial charge in [0.15, 0.2) is 0 Å². The van der Waals surface area contributed by atoms with Crippen LogP contribution in [0, 0.1) is 10.1 Å². The number of hydrogen-bond acceptors (Lipinski definition) is 2. The number of para-hydroxylation sites is 1. The van der Waals surface area contributed by atoms with Gasteiger partial charge in [-0.25, -0.2) is 0 Å². The number of aryl methyl sites for hydroxylation is 1. The smallest absolute Gasteiger partial charge is 0.258 e. The fraction of sp³-hybridized carbons (Fsp3) is 0.200. The third-order valence-corrected chi connectivity index (χ3v) is 2.90. The molecule has 3 nitrogen and oxygen atoms in total. The summed E-state index contributed by atoms with van der Waals surface area (Å²) in [5.41, 5.74) is 2.98. The van der Waals surface area contributed by atoms with Crippen molar-refractivity contribution in [2.75, 3.05) is 0 Å². The first kappa shape index (κ1) is 12.3. The average Bonchev–Trinajstić information content (AvgIpc) is 2.40. The van der Waals surface area contributed by atoms with E-state index < -0.39 is 0 Å². The van der Waals surface area contributed by atoms with Crippen molar-refractivity contribution in [1.29, 1.82) is 0 Å². The molecule has 3 heteroatoms. The first-order chi connectivity index (χ1) is 8.72. The number of nitrogens with zero attached hydrogens (tertiary/aromatic N) is 1. The van der Waals surface area contributed by atoms with Crippen molar-refractivity contribution < 1.29 is 4.92 Å². The Morgan fingerprint density at radius 1 is 1.06 bits per heavy atom. The molecule has 0 bridgehead atoms. The predicted molar refractivity (Wildman–Crippen MR) is 72.5 cm³/mol. The lowest BCUT2D eigenvalue weighted by atomic mass is 10.0. The fourth-order valence-corrected chi connectivity index (χ4v) is 2.02. The van der Waals surface area contributed by atoms with Gasteiger partial charge in [-0.15, -0.1) is 0 Å². The van der Waals surface area contributed by atoms with Gasteiger partial charge in [0, 0.05) is 6.07 Å². The van der Waals surface area contributed by atoms with E-state index in [4.69, 9.17) is 0 Å². The highest BCUT2D eigenvalue weighted by atomic mass is 16.6. The van der Waals surface area contributed by atoms with Crippen molar-refractivity contribution in [1.82, 2.24) is 0 Å². The van der Waals surface area contributed by atoms with E-state index in [9.17, 15) is 10.1 Å². The van der Waals surface area contributed by atoms with Crippen molar-refractivity contribution in [3.63, 3.8) is 0 Å². The van der Waals surface area contributed by atoms with E-state index in [1.54, 1.807) is 12.1 Å². The molecule has 0 spiro atoms. The van der Waals surface area contributed by atoms with E-state index in [0.717, 1.165) is 18.4 Å². The van der Waals surface area contributed by atoms with Crippen LogP contribution in [-0.4, -0.2) is 4.92 Å². The zero-order chi connectivity index (χ0) is 13.0. The minimum Gasteiger partial charge on any atom is -0.258 e. The van der Waals surface area contributed by atoms with Crippen LogP contribution in [0.2, 0.25) is 0 Å². The van der Waals surface area contributed by atoms with Crippen LogP contribution < -0.4 is 0 Å². The van der Waals surface area contributed by atoms with Gasteiger partial charge in [-0.05, 0) is 23.6 Å². The Morgan fingerprint density at radius 3 is 2.33 bits per heavy atom. The minimum atomic E-state index is -0.338. The van der Waals surface area contributed by atoms with Gasteiger partial charge in [-0.2, -0.15) is 0 Å².